The Labute approximate surface area is 144 Å². The molecular weight excluding hydrogens is 300 g/mol. The van der Waals surface area contributed by atoms with Gasteiger partial charge in [-0.25, -0.2) is 0 Å². The molecule has 0 aliphatic rings. The summed E-state index contributed by atoms with van der Waals surface area (Å²) < 4.78 is 5.72. The van der Waals surface area contributed by atoms with Gasteiger partial charge in [0.25, 0.3) is 0 Å². The van der Waals surface area contributed by atoms with E-state index >= 15 is 0 Å². The van der Waals surface area contributed by atoms with Crippen molar-refractivity contribution in [3.63, 3.8) is 0 Å². The first-order valence-corrected chi connectivity index (χ1v) is 8.33. The number of amides is 1. The lowest BCUT2D eigenvalue weighted by atomic mass is 10.1. The minimum atomic E-state index is -0.0338. The zero-order chi connectivity index (χ0) is 17.5. The van der Waals surface area contributed by atoms with Gasteiger partial charge in [0.1, 0.15) is 5.75 Å². The van der Waals surface area contributed by atoms with E-state index < -0.39 is 0 Å². The van der Waals surface area contributed by atoms with Gasteiger partial charge >= 0.3 is 0 Å². The molecule has 0 heterocycles. The SMILES string of the molecule is Cc1cccc(C)c1NCCC(=O)Nc1ccccc1OC(C)C. The molecule has 0 unspecified atom stereocenters. The smallest absolute Gasteiger partial charge is 0.226 e. The molecule has 2 N–H and O–H groups in total. The minimum Gasteiger partial charge on any atom is -0.489 e. The second-order valence-electron chi connectivity index (χ2n) is 6.15. The van der Waals surface area contributed by atoms with Crippen LogP contribution in [0, 0.1) is 13.8 Å². The molecule has 0 aliphatic carbocycles. The summed E-state index contributed by atoms with van der Waals surface area (Å²) in [5.41, 5.74) is 4.19. The molecule has 0 saturated heterocycles. The Bertz CT molecular complexity index is 676. The van der Waals surface area contributed by atoms with Gasteiger partial charge in [0.15, 0.2) is 0 Å². The maximum absolute atomic E-state index is 12.2. The average Bonchev–Trinajstić information content (AvgIpc) is 2.52. The monoisotopic (exact) mass is 326 g/mol. The number of carbonyl (C=O) groups is 1. The Balaban J connectivity index is 1.90. The summed E-state index contributed by atoms with van der Waals surface area (Å²) in [6.45, 7) is 8.65. The maximum atomic E-state index is 12.2. The van der Waals surface area contributed by atoms with Crippen LogP contribution in [0.3, 0.4) is 0 Å². The van der Waals surface area contributed by atoms with E-state index in [1.807, 2.05) is 44.2 Å². The summed E-state index contributed by atoms with van der Waals surface area (Å²) in [5.74, 6) is 0.664. The van der Waals surface area contributed by atoms with Gasteiger partial charge in [-0.3, -0.25) is 4.79 Å². The number of carbonyl (C=O) groups excluding carboxylic acids is 1. The predicted molar refractivity (Wildman–Crippen MR) is 99.9 cm³/mol. The van der Waals surface area contributed by atoms with Crippen LogP contribution < -0.4 is 15.4 Å². The molecule has 0 radical (unpaired) electrons. The highest BCUT2D eigenvalue weighted by molar-refractivity contribution is 5.92. The summed E-state index contributed by atoms with van der Waals surface area (Å²) >= 11 is 0. The maximum Gasteiger partial charge on any atom is 0.226 e. The second-order valence-corrected chi connectivity index (χ2v) is 6.15. The fourth-order valence-electron chi connectivity index (χ4n) is 2.53. The molecule has 0 aliphatic heterocycles. The van der Waals surface area contributed by atoms with Crippen LogP contribution in [-0.4, -0.2) is 18.6 Å². The van der Waals surface area contributed by atoms with Crippen molar-refractivity contribution in [1.82, 2.24) is 0 Å². The predicted octanol–water partition coefficient (Wildman–Crippen LogP) is 4.53. The highest BCUT2D eigenvalue weighted by Crippen LogP contribution is 2.25. The number of anilines is 2. The highest BCUT2D eigenvalue weighted by atomic mass is 16.5. The first kappa shape index (κ1) is 17.9. The Morgan fingerprint density at radius 3 is 2.38 bits per heavy atom. The van der Waals surface area contributed by atoms with E-state index in [0.29, 0.717) is 24.4 Å². The second kappa shape index (κ2) is 8.39. The number of para-hydroxylation sites is 3. The molecule has 0 atom stereocenters. The quantitative estimate of drug-likeness (QED) is 0.786. The third kappa shape index (κ3) is 5.01. The Hall–Kier alpha value is -2.49. The molecule has 4 nitrogen and oxygen atoms in total. The Kier molecular flexibility index (Phi) is 6.24. The third-order valence-electron chi connectivity index (χ3n) is 3.66. The van der Waals surface area contributed by atoms with Crippen molar-refractivity contribution < 1.29 is 9.53 Å². The van der Waals surface area contributed by atoms with Crippen molar-refractivity contribution in [1.29, 1.82) is 0 Å². The van der Waals surface area contributed by atoms with Gasteiger partial charge in [-0.15, -0.1) is 0 Å². The lowest BCUT2D eigenvalue weighted by Gasteiger charge is -2.15. The summed E-state index contributed by atoms with van der Waals surface area (Å²) in [5, 5.41) is 6.28. The van der Waals surface area contributed by atoms with E-state index in [-0.39, 0.29) is 12.0 Å². The van der Waals surface area contributed by atoms with E-state index in [9.17, 15) is 4.79 Å². The van der Waals surface area contributed by atoms with Crippen LogP contribution in [0.4, 0.5) is 11.4 Å². The normalized spacial score (nSPS) is 10.5. The molecule has 24 heavy (non-hydrogen) atoms. The summed E-state index contributed by atoms with van der Waals surface area (Å²) in [6.07, 6.45) is 0.456. The number of hydrogen-bond donors (Lipinski definition) is 2. The molecule has 1 amide bonds. The lowest BCUT2D eigenvalue weighted by Crippen LogP contribution is -2.18. The molecule has 0 aromatic heterocycles. The molecule has 128 valence electrons. The van der Waals surface area contributed by atoms with Crippen LogP contribution in [0.1, 0.15) is 31.4 Å². The van der Waals surface area contributed by atoms with Gasteiger partial charge in [-0.1, -0.05) is 30.3 Å². The average molecular weight is 326 g/mol. The van der Waals surface area contributed by atoms with Crippen LogP contribution in [0.25, 0.3) is 0 Å². The number of ether oxygens (including phenoxy) is 1. The van der Waals surface area contributed by atoms with Crippen molar-refractivity contribution in [2.45, 2.75) is 40.2 Å². The van der Waals surface area contributed by atoms with Crippen molar-refractivity contribution in [2.75, 3.05) is 17.2 Å². The Morgan fingerprint density at radius 1 is 1.04 bits per heavy atom. The molecule has 4 heteroatoms. The summed E-state index contributed by atoms with van der Waals surface area (Å²) in [7, 11) is 0. The van der Waals surface area contributed by atoms with E-state index in [4.69, 9.17) is 4.74 Å². The number of rotatable bonds is 7. The van der Waals surface area contributed by atoms with Crippen LogP contribution in [0.5, 0.6) is 5.75 Å². The Morgan fingerprint density at radius 2 is 1.71 bits per heavy atom. The first-order valence-electron chi connectivity index (χ1n) is 8.33. The minimum absolute atomic E-state index is 0.0338. The summed E-state index contributed by atoms with van der Waals surface area (Å²) in [6, 6.07) is 13.7. The molecule has 2 rings (SSSR count). The molecule has 2 aromatic rings. The van der Waals surface area contributed by atoms with Crippen LogP contribution in [0.2, 0.25) is 0 Å². The van der Waals surface area contributed by atoms with Crippen molar-refractivity contribution in [3.05, 3.63) is 53.6 Å². The standard InChI is InChI=1S/C20H26N2O2/c1-14(2)24-18-11-6-5-10-17(18)22-19(23)12-13-21-20-15(3)8-7-9-16(20)4/h5-11,14,21H,12-13H2,1-4H3,(H,22,23). The molecule has 0 fully saturated rings. The molecule has 0 bridgehead atoms. The molecule has 0 spiro atoms. The zero-order valence-electron chi connectivity index (χ0n) is 14.8. The van der Waals surface area contributed by atoms with E-state index in [1.54, 1.807) is 0 Å². The summed E-state index contributed by atoms with van der Waals surface area (Å²) in [4.78, 5) is 12.2. The van der Waals surface area contributed by atoms with E-state index in [1.165, 1.54) is 11.1 Å². The lowest BCUT2D eigenvalue weighted by molar-refractivity contribution is -0.116. The van der Waals surface area contributed by atoms with Gasteiger partial charge in [-0.2, -0.15) is 0 Å². The fraction of sp³-hybridized carbons (Fsp3) is 0.350. The van der Waals surface area contributed by atoms with Gasteiger partial charge in [0, 0.05) is 18.7 Å². The van der Waals surface area contributed by atoms with Gasteiger partial charge in [0.05, 0.1) is 11.8 Å². The zero-order valence-corrected chi connectivity index (χ0v) is 14.8. The first-order chi connectivity index (χ1) is 11.5. The van der Waals surface area contributed by atoms with E-state index in [0.717, 1.165) is 5.69 Å². The van der Waals surface area contributed by atoms with Crippen LogP contribution in [-0.2, 0) is 4.79 Å². The number of hydrogen-bond acceptors (Lipinski definition) is 3. The van der Waals surface area contributed by atoms with Crippen molar-refractivity contribution in [2.24, 2.45) is 0 Å². The van der Waals surface area contributed by atoms with Gasteiger partial charge < -0.3 is 15.4 Å². The van der Waals surface area contributed by atoms with Gasteiger partial charge in [-0.05, 0) is 51.0 Å². The largest absolute Gasteiger partial charge is 0.489 e. The van der Waals surface area contributed by atoms with Crippen LogP contribution >= 0.6 is 0 Å². The fourth-order valence-corrected chi connectivity index (χ4v) is 2.53. The van der Waals surface area contributed by atoms with E-state index in [2.05, 4.69) is 36.6 Å². The van der Waals surface area contributed by atoms with Crippen molar-refractivity contribution in [3.8, 4) is 5.75 Å². The number of nitrogens with one attached hydrogen (secondary N) is 2. The van der Waals surface area contributed by atoms with Crippen LogP contribution in [0.15, 0.2) is 42.5 Å². The van der Waals surface area contributed by atoms with Gasteiger partial charge in [0.2, 0.25) is 5.91 Å². The molecule has 0 saturated carbocycles. The molecular formula is C20H26N2O2. The third-order valence-corrected chi connectivity index (χ3v) is 3.66. The highest BCUT2D eigenvalue weighted by Gasteiger charge is 2.09. The molecule has 2 aromatic carbocycles. The number of benzene rings is 2. The van der Waals surface area contributed by atoms with Crippen molar-refractivity contribution >= 4 is 17.3 Å². The topological polar surface area (TPSA) is 50.4 Å². The number of aryl methyl sites for hydroxylation is 2.